The molecule has 0 aromatic carbocycles. The number of halogens is 1. The van der Waals surface area contributed by atoms with E-state index in [1.54, 1.807) is 12.4 Å². The summed E-state index contributed by atoms with van der Waals surface area (Å²) in [6, 6.07) is 0.966. The SMILES string of the molecule is CCC(NS(=O)(=O)c1cc(Br)cnc1N)c1ncc[nH]1. The predicted octanol–water partition coefficient (Wildman–Crippen LogP) is 1.58. The smallest absolute Gasteiger partial charge is 0.244 e. The third kappa shape index (κ3) is 3.17. The zero-order valence-electron chi connectivity index (χ0n) is 10.7. The largest absolute Gasteiger partial charge is 0.383 e. The Labute approximate surface area is 125 Å². The fraction of sp³-hybridized carbons (Fsp3) is 0.273. The molecular weight excluding hydrogens is 346 g/mol. The van der Waals surface area contributed by atoms with E-state index in [2.05, 4.69) is 35.6 Å². The van der Waals surface area contributed by atoms with Crippen molar-refractivity contribution in [3.63, 3.8) is 0 Å². The van der Waals surface area contributed by atoms with Crippen molar-refractivity contribution >= 4 is 31.8 Å². The molecule has 2 aromatic rings. The summed E-state index contributed by atoms with van der Waals surface area (Å²) in [6.07, 6.45) is 5.20. The first kappa shape index (κ1) is 14.9. The van der Waals surface area contributed by atoms with Gasteiger partial charge in [-0.25, -0.2) is 23.1 Å². The summed E-state index contributed by atoms with van der Waals surface area (Å²) >= 11 is 3.18. The lowest BCUT2D eigenvalue weighted by molar-refractivity contribution is 0.539. The standard InChI is InChI=1S/C11H14BrN5O2S/c1-2-8(11-14-3-4-15-11)17-20(18,19)9-5-7(12)6-16-10(9)13/h3-6,8,17H,2H2,1H3,(H2,13,16)(H,14,15). The molecule has 7 nitrogen and oxygen atoms in total. The molecular formula is C11H14BrN5O2S. The molecule has 2 aromatic heterocycles. The molecule has 0 saturated carbocycles. The van der Waals surface area contributed by atoms with Crippen molar-refractivity contribution in [1.82, 2.24) is 19.7 Å². The maximum atomic E-state index is 12.4. The van der Waals surface area contributed by atoms with E-state index in [1.807, 2.05) is 6.92 Å². The van der Waals surface area contributed by atoms with Gasteiger partial charge in [-0.3, -0.25) is 0 Å². The Kier molecular flexibility index (Phi) is 4.41. The van der Waals surface area contributed by atoms with Gasteiger partial charge in [-0.1, -0.05) is 6.92 Å². The van der Waals surface area contributed by atoms with Crippen LogP contribution in [-0.4, -0.2) is 23.4 Å². The van der Waals surface area contributed by atoms with Crippen molar-refractivity contribution in [3.05, 3.63) is 35.0 Å². The molecule has 0 aliphatic rings. The number of pyridine rings is 1. The van der Waals surface area contributed by atoms with Crippen molar-refractivity contribution in [1.29, 1.82) is 0 Å². The second kappa shape index (κ2) is 5.90. The minimum atomic E-state index is -3.78. The summed E-state index contributed by atoms with van der Waals surface area (Å²) in [6.45, 7) is 1.86. The molecule has 0 aliphatic carbocycles. The van der Waals surface area contributed by atoms with E-state index >= 15 is 0 Å². The molecule has 4 N–H and O–H groups in total. The monoisotopic (exact) mass is 359 g/mol. The zero-order chi connectivity index (χ0) is 14.8. The maximum Gasteiger partial charge on any atom is 0.244 e. The highest BCUT2D eigenvalue weighted by Crippen LogP contribution is 2.23. The lowest BCUT2D eigenvalue weighted by atomic mass is 10.2. The van der Waals surface area contributed by atoms with Gasteiger partial charge in [0, 0.05) is 23.1 Å². The van der Waals surface area contributed by atoms with Crippen LogP contribution in [0.25, 0.3) is 0 Å². The fourth-order valence-corrected chi connectivity index (χ4v) is 3.57. The van der Waals surface area contributed by atoms with Gasteiger partial charge in [-0.2, -0.15) is 0 Å². The molecule has 9 heteroatoms. The Morgan fingerprint density at radius 2 is 2.25 bits per heavy atom. The molecule has 0 fully saturated rings. The van der Waals surface area contributed by atoms with Crippen LogP contribution >= 0.6 is 15.9 Å². The quantitative estimate of drug-likeness (QED) is 0.749. The number of anilines is 1. The van der Waals surface area contributed by atoms with E-state index in [9.17, 15) is 8.42 Å². The van der Waals surface area contributed by atoms with Gasteiger partial charge >= 0.3 is 0 Å². The summed E-state index contributed by atoms with van der Waals surface area (Å²) < 4.78 is 27.9. The number of hydrogen-bond acceptors (Lipinski definition) is 5. The van der Waals surface area contributed by atoms with Crippen molar-refractivity contribution in [2.24, 2.45) is 0 Å². The molecule has 0 amide bonds. The highest BCUT2D eigenvalue weighted by molar-refractivity contribution is 9.10. The Hall–Kier alpha value is -1.45. The first-order chi connectivity index (χ1) is 9.44. The van der Waals surface area contributed by atoms with Crippen LogP contribution in [0.5, 0.6) is 0 Å². The molecule has 0 aliphatic heterocycles. The normalized spacial score (nSPS) is 13.3. The van der Waals surface area contributed by atoms with Crippen LogP contribution in [0.3, 0.4) is 0 Å². The third-order valence-corrected chi connectivity index (χ3v) is 4.63. The van der Waals surface area contributed by atoms with E-state index in [0.29, 0.717) is 16.7 Å². The van der Waals surface area contributed by atoms with Crippen LogP contribution < -0.4 is 10.5 Å². The molecule has 0 bridgehead atoms. The van der Waals surface area contributed by atoms with Gasteiger partial charge < -0.3 is 10.7 Å². The zero-order valence-corrected chi connectivity index (χ0v) is 13.1. The van der Waals surface area contributed by atoms with Crippen LogP contribution in [0.4, 0.5) is 5.82 Å². The van der Waals surface area contributed by atoms with Gasteiger partial charge in [0.15, 0.2) is 0 Å². The summed E-state index contributed by atoms with van der Waals surface area (Å²) in [7, 11) is -3.78. The van der Waals surface area contributed by atoms with E-state index in [4.69, 9.17) is 5.73 Å². The van der Waals surface area contributed by atoms with Gasteiger partial charge in [-0.15, -0.1) is 0 Å². The topological polar surface area (TPSA) is 114 Å². The van der Waals surface area contributed by atoms with Crippen molar-refractivity contribution in [2.45, 2.75) is 24.3 Å². The number of aromatic amines is 1. The maximum absolute atomic E-state index is 12.4. The molecule has 1 atom stereocenters. The first-order valence-electron chi connectivity index (χ1n) is 5.86. The molecule has 20 heavy (non-hydrogen) atoms. The van der Waals surface area contributed by atoms with Crippen LogP contribution in [0, 0.1) is 0 Å². The van der Waals surface area contributed by atoms with Crippen molar-refractivity contribution < 1.29 is 8.42 Å². The highest BCUT2D eigenvalue weighted by Gasteiger charge is 2.24. The van der Waals surface area contributed by atoms with Crippen LogP contribution in [0.2, 0.25) is 0 Å². The fourth-order valence-electron chi connectivity index (χ4n) is 1.70. The molecule has 2 rings (SSSR count). The second-order valence-corrected chi connectivity index (χ2v) is 6.69. The Morgan fingerprint density at radius 1 is 1.50 bits per heavy atom. The Morgan fingerprint density at radius 3 is 2.85 bits per heavy atom. The van der Waals surface area contributed by atoms with Crippen LogP contribution in [-0.2, 0) is 10.0 Å². The summed E-state index contributed by atoms with van der Waals surface area (Å²) in [4.78, 5) is 10.7. The molecule has 1 unspecified atom stereocenters. The number of nitrogen functional groups attached to an aromatic ring is 1. The van der Waals surface area contributed by atoms with E-state index in [0.717, 1.165) is 0 Å². The summed E-state index contributed by atoms with van der Waals surface area (Å²) in [5.74, 6) is 0.507. The average molecular weight is 360 g/mol. The van der Waals surface area contributed by atoms with Gasteiger partial charge in [0.1, 0.15) is 16.5 Å². The summed E-state index contributed by atoms with van der Waals surface area (Å²) in [5, 5.41) is 0. The molecule has 0 saturated heterocycles. The number of nitrogens with one attached hydrogen (secondary N) is 2. The molecule has 108 valence electrons. The Bertz CT molecular complexity index is 687. The minimum absolute atomic E-state index is 0.0463. The molecule has 2 heterocycles. The molecule has 0 spiro atoms. The van der Waals surface area contributed by atoms with E-state index < -0.39 is 16.1 Å². The van der Waals surface area contributed by atoms with Gasteiger partial charge in [-0.05, 0) is 28.4 Å². The van der Waals surface area contributed by atoms with Gasteiger partial charge in [0.2, 0.25) is 10.0 Å². The van der Waals surface area contributed by atoms with Crippen molar-refractivity contribution in [3.8, 4) is 0 Å². The van der Waals surface area contributed by atoms with Crippen LogP contribution in [0.15, 0.2) is 34.0 Å². The average Bonchev–Trinajstić information content (AvgIpc) is 2.92. The van der Waals surface area contributed by atoms with E-state index in [-0.39, 0.29) is 10.7 Å². The summed E-state index contributed by atoms with van der Waals surface area (Å²) in [5.41, 5.74) is 5.64. The number of aromatic nitrogens is 3. The minimum Gasteiger partial charge on any atom is -0.383 e. The predicted molar refractivity (Wildman–Crippen MR) is 78.3 cm³/mol. The highest BCUT2D eigenvalue weighted by atomic mass is 79.9. The third-order valence-electron chi connectivity index (χ3n) is 2.69. The lowest BCUT2D eigenvalue weighted by Crippen LogP contribution is -2.29. The second-order valence-electron chi connectivity index (χ2n) is 4.09. The van der Waals surface area contributed by atoms with Crippen LogP contribution in [0.1, 0.15) is 25.2 Å². The Balaban J connectivity index is 2.33. The number of rotatable bonds is 5. The number of nitrogens with zero attached hydrogens (tertiary/aromatic N) is 2. The van der Waals surface area contributed by atoms with Gasteiger partial charge in [0.05, 0.1) is 6.04 Å². The van der Waals surface area contributed by atoms with E-state index in [1.165, 1.54) is 12.3 Å². The molecule has 0 radical (unpaired) electrons. The number of sulfonamides is 1. The number of nitrogens with two attached hydrogens (primary N) is 1. The first-order valence-corrected chi connectivity index (χ1v) is 8.14. The lowest BCUT2D eigenvalue weighted by Gasteiger charge is -2.15. The van der Waals surface area contributed by atoms with Crippen molar-refractivity contribution in [2.75, 3.05) is 5.73 Å². The van der Waals surface area contributed by atoms with Gasteiger partial charge in [0.25, 0.3) is 0 Å². The number of H-pyrrole nitrogens is 1. The number of hydrogen-bond donors (Lipinski definition) is 3. The number of imidazole rings is 1.